The maximum atomic E-state index is 12.2. The molecule has 0 spiro atoms. The number of carbonyl (C=O) groups is 1. The van der Waals surface area contributed by atoms with E-state index in [2.05, 4.69) is 56.2 Å². The number of amides is 1. The molecule has 0 aromatic heterocycles. The van der Waals surface area contributed by atoms with Gasteiger partial charge in [-0.25, -0.2) is 5.84 Å². The molecule has 1 aliphatic heterocycles. The Hall–Kier alpha value is -1.55. The van der Waals surface area contributed by atoms with E-state index in [1.54, 1.807) is 0 Å². The van der Waals surface area contributed by atoms with Gasteiger partial charge >= 0.3 is 0 Å². The number of rotatable bonds is 3. The second-order valence-corrected chi connectivity index (χ2v) is 6.78. The fourth-order valence-electron chi connectivity index (χ4n) is 3.73. The number of hydrogen-bond donors (Lipinski definition) is 2. The summed E-state index contributed by atoms with van der Waals surface area (Å²) in [5.74, 6) is 5.77. The monoisotopic (exact) mass is 289 g/mol. The van der Waals surface area contributed by atoms with Crippen molar-refractivity contribution in [1.82, 2.24) is 5.43 Å². The van der Waals surface area contributed by atoms with Gasteiger partial charge in [0.25, 0.3) is 5.91 Å². The number of carbonyl (C=O) groups excluding carboxylic acids is 1. The van der Waals surface area contributed by atoms with Crippen LogP contribution in [0.25, 0.3) is 0 Å². The molecular formula is C17H27N3O. The second kappa shape index (κ2) is 5.68. The number of nitrogens with two attached hydrogens (primary N) is 1. The van der Waals surface area contributed by atoms with E-state index < -0.39 is 0 Å². The van der Waals surface area contributed by atoms with E-state index in [0.717, 1.165) is 12.8 Å². The fraction of sp³-hybridized carbons (Fsp3) is 0.588. The Bertz CT molecular complexity index is 539. The summed E-state index contributed by atoms with van der Waals surface area (Å²) in [4.78, 5) is 14.5. The molecule has 2 rings (SSSR count). The number of nitrogens with one attached hydrogen (secondary N) is 1. The maximum absolute atomic E-state index is 12.2. The minimum atomic E-state index is -0.238. The molecule has 1 heterocycles. The van der Waals surface area contributed by atoms with Gasteiger partial charge in [-0.2, -0.15) is 0 Å². The zero-order chi connectivity index (χ0) is 15.8. The molecule has 1 aliphatic rings. The molecule has 0 bridgehead atoms. The van der Waals surface area contributed by atoms with Crippen LogP contribution in [-0.2, 0) is 4.79 Å². The summed E-state index contributed by atoms with van der Waals surface area (Å²) in [5, 5.41) is 0. The predicted molar refractivity (Wildman–Crippen MR) is 87.2 cm³/mol. The number of nitrogens with zero attached hydrogens (tertiary/aromatic N) is 1. The molecule has 0 fully saturated rings. The van der Waals surface area contributed by atoms with Crippen LogP contribution in [0, 0.1) is 6.92 Å². The summed E-state index contributed by atoms with van der Waals surface area (Å²) in [5.41, 5.74) is 5.96. The topological polar surface area (TPSA) is 58.4 Å². The molecule has 3 N–H and O–H groups in total. The lowest BCUT2D eigenvalue weighted by molar-refractivity contribution is -0.122. The Labute approximate surface area is 127 Å². The number of anilines is 1. The fourth-order valence-corrected chi connectivity index (χ4v) is 3.73. The summed E-state index contributed by atoms with van der Waals surface area (Å²) in [6, 6.07) is 6.30. The Morgan fingerprint density at radius 2 is 2.19 bits per heavy atom. The first kappa shape index (κ1) is 15.8. The third kappa shape index (κ3) is 2.77. The number of hydrazine groups is 1. The lowest BCUT2D eigenvalue weighted by Crippen LogP contribution is -2.59. The molecule has 21 heavy (non-hydrogen) atoms. The maximum Gasteiger partial charge on any atom is 0.256 e. The number of aryl methyl sites for hydroxylation is 1. The lowest BCUT2D eigenvalue weighted by Gasteiger charge is -2.50. The van der Waals surface area contributed by atoms with Gasteiger partial charge in [-0.1, -0.05) is 26.0 Å². The van der Waals surface area contributed by atoms with Crippen LogP contribution in [0.15, 0.2) is 18.2 Å². The summed E-state index contributed by atoms with van der Waals surface area (Å²) >= 11 is 0. The molecule has 4 heteroatoms. The molecule has 4 nitrogen and oxygen atoms in total. The van der Waals surface area contributed by atoms with E-state index in [4.69, 9.17) is 5.84 Å². The van der Waals surface area contributed by atoms with Crippen LogP contribution in [0.1, 0.15) is 57.6 Å². The molecule has 1 amide bonds. The van der Waals surface area contributed by atoms with Crippen LogP contribution in [-0.4, -0.2) is 17.5 Å². The van der Waals surface area contributed by atoms with E-state index in [1.165, 1.54) is 16.8 Å². The molecular weight excluding hydrogens is 262 g/mol. The summed E-state index contributed by atoms with van der Waals surface area (Å²) in [7, 11) is 0. The Morgan fingerprint density at radius 3 is 2.76 bits per heavy atom. The van der Waals surface area contributed by atoms with Crippen molar-refractivity contribution in [2.45, 2.75) is 65.0 Å². The SMILES string of the molecule is CC[C@@H](C(=O)NN)N1c2cc(C)ccc2[C@@H](C)CC1(C)C. The van der Waals surface area contributed by atoms with Crippen molar-refractivity contribution in [3.63, 3.8) is 0 Å². The smallest absolute Gasteiger partial charge is 0.256 e. The predicted octanol–water partition coefficient (Wildman–Crippen LogP) is 2.86. The first-order valence-electron chi connectivity index (χ1n) is 7.72. The zero-order valence-corrected chi connectivity index (χ0v) is 13.7. The van der Waals surface area contributed by atoms with Gasteiger partial charge in [0.2, 0.25) is 0 Å². The van der Waals surface area contributed by atoms with E-state index in [0.29, 0.717) is 5.92 Å². The van der Waals surface area contributed by atoms with Crippen LogP contribution in [0.4, 0.5) is 5.69 Å². The van der Waals surface area contributed by atoms with Gasteiger partial charge in [0.05, 0.1) is 0 Å². The molecule has 2 atom stereocenters. The standard InChI is InChI=1S/C17H27N3O/c1-6-14(16(21)19-18)20-15-9-11(2)7-8-13(15)12(3)10-17(20,4)5/h7-9,12,14H,6,10,18H2,1-5H3,(H,19,21)/t12-,14-/m0/s1. The first-order valence-corrected chi connectivity index (χ1v) is 7.72. The number of hydrogen-bond acceptors (Lipinski definition) is 3. The Morgan fingerprint density at radius 1 is 1.52 bits per heavy atom. The minimum absolute atomic E-state index is 0.0760. The van der Waals surface area contributed by atoms with Crippen molar-refractivity contribution < 1.29 is 4.79 Å². The van der Waals surface area contributed by atoms with E-state index in [-0.39, 0.29) is 17.5 Å². The molecule has 0 saturated heterocycles. The van der Waals surface area contributed by atoms with E-state index in [9.17, 15) is 4.79 Å². The minimum Gasteiger partial charge on any atom is -0.354 e. The first-order chi connectivity index (χ1) is 9.81. The van der Waals surface area contributed by atoms with Crippen LogP contribution in [0.5, 0.6) is 0 Å². The molecule has 0 radical (unpaired) electrons. The third-order valence-electron chi connectivity index (χ3n) is 4.58. The second-order valence-electron chi connectivity index (χ2n) is 6.78. The van der Waals surface area contributed by atoms with Gasteiger partial charge in [0.1, 0.15) is 6.04 Å². The summed E-state index contributed by atoms with van der Waals surface area (Å²) in [6.45, 7) is 10.8. The van der Waals surface area contributed by atoms with Crippen molar-refractivity contribution in [1.29, 1.82) is 0 Å². The lowest BCUT2D eigenvalue weighted by atomic mass is 9.78. The molecule has 1 aromatic rings. The van der Waals surface area contributed by atoms with Crippen LogP contribution >= 0.6 is 0 Å². The Balaban J connectivity index is 2.59. The third-order valence-corrected chi connectivity index (χ3v) is 4.58. The molecule has 0 unspecified atom stereocenters. The normalized spacial score (nSPS) is 21.6. The Kier molecular flexibility index (Phi) is 4.28. The summed E-state index contributed by atoms with van der Waals surface area (Å²) < 4.78 is 0. The van der Waals surface area contributed by atoms with Crippen molar-refractivity contribution in [3.05, 3.63) is 29.3 Å². The molecule has 0 aliphatic carbocycles. The number of benzene rings is 1. The van der Waals surface area contributed by atoms with Gasteiger partial charge < -0.3 is 4.90 Å². The molecule has 116 valence electrons. The van der Waals surface area contributed by atoms with Crippen molar-refractivity contribution >= 4 is 11.6 Å². The van der Waals surface area contributed by atoms with Crippen LogP contribution in [0.2, 0.25) is 0 Å². The quantitative estimate of drug-likeness (QED) is 0.511. The van der Waals surface area contributed by atoms with Crippen molar-refractivity contribution in [3.8, 4) is 0 Å². The molecule has 1 aromatic carbocycles. The van der Waals surface area contributed by atoms with Gasteiger partial charge in [-0.15, -0.1) is 0 Å². The number of fused-ring (bicyclic) bond motifs is 1. The average Bonchev–Trinajstić information content (AvgIpc) is 2.41. The van der Waals surface area contributed by atoms with Gasteiger partial charge in [-0.05, 0) is 56.7 Å². The van der Waals surface area contributed by atoms with Crippen molar-refractivity contribution in [2.24, 2.45) is 5.84 Å². The average molecular weight is 289 g/mol. The van der Waals surface area contributed by atoms with Gasteiger partial charge in [0, 0.05) is 11.2 Å². The van der Waals surface area contributed by atoms with E-state index >= 15 is 0 Å². The zero-order valence-electron chi connectivity index (χ0n) is 13.7. The van der Waals surface area contributed by atoms with Crippen molar-refractivity contribution in [2.75, 3.05) is 4.90 Å². The highest BCUT2D eigenvalue weighted by molar-refractivity contribution is 5.86. The highest BCUT2D eigenvalue weighted by Gasteiger charge is 2.41. The van der Waals surface area contributed by atoms with Crippen LogP contribution in [0.3, 0.4) is 0 Å². The highest BCUT2D eigenvalue weighted by Crippen LogP contribution is 2.45. The largest absolute Gasteiger partial charge is 0.354 e. The van der Waals surface area contributed by atoms with Crippen LogP contribution < -0.4 is 16.2 Å². The molecule has 0 saturated carbocycles. The van der Waals surface area contributed by atoms with Gasteiger partial charge in [-0.3, -0.25) is 10.2 Å². The highest BCUT2D eigenvalue weighted by atomic mass is 16.2. The summed E-state index contributed by atoms with van der Waals surface area (Å²) in [6.07, 6.45) is 1.76. The van der Waals surface area contributed by atoms with E-state index in [1.807, 2.05) is 6.92 Å². The van der Waals surface area contributed by atoms with Gasteiger partial charge in [0.15, 0.2) is 0 Å².